The molecule has 2 nitrogen and oxygen atoms in total. The van der Waals surface area contributed by atoms with Crippen molar-refractivity contribution in [3.8, 4) is 0 Å². The Bertz CT molecular complexity index is 579. The molecule has 0 heterocycles. The molecule has 0 fully saturated rings. The molecule has 3 heteroatoms. The zero-order chi connectivity index (χ0) is 15.4. The summed E-state index contributed by atoms with van der Waals surface area (Å²) in [4.78, 5) is 2.02. The number of hydrogen-bond acceptors (Lipinski definition) is 2. The van der Waals surface area contributed by atoms with Crippen molar-refractivity contribution in [2.24, 2.45) is 5.92 Å². The molecule has 2 rings (SSSR count). The van der Waals surface area contributed by atoms with E-state index in [9.17, 15) is 0 Å². The maximum absolute atomic E-state index is 6.35. The van der Waals surface area contributed by atoms with Gasteiger partial charge in [0.1, 0.15) is 0 Å². The second-order valence-electron chi connectivity index (χ2n) is 5.84. The molecule has 21 heavy (non-hydrogen) atoms. The quantitative estimate of drug-likeness (QED) is 0.815. The van der Waals surface area contributed by atoms with Crippen LogP contribution in [0.2, 0.25) is 5.02 Å². The van der Waals surface area contributed by atoms with E-state index in [1.165, 1.54) is 5.56 Å². The minimum Gasteiger partial charge on any atom is -0.378 e. The number of rotatable bonds is 5. The van der Waals surface area contributed by atoms with Crippen molar-refractivity contribution >= 4 is 23.0 Å². The predicted molar refractivity (Wildman–Crippen MR) is 93.4 cm³/mol. The van der Waals surface area contributed by atoms with Gasteiger partial charge in [0.25, 0.3) is 0 Å². The number of benzene rings is 2. The van der Waals surface area contributed by atoms with Crippen molar-refractivity contribution < 1.29 is 0 Å². The number of anilines is 2. The van der Waals surface area contributed by atoms with Crippen molar-refractivity contribution in [3.63, 3.8) is 0 Å². The molecular weight excluding hydrogens is 280 g/mol. The van der Waals surface area contributed by atoms with Gasteiger partial charge in [0.05, 0.1) is 16.8 Å². The van der Waals surface area contributed by atoms with Gasteiger partial charge < -0.3 is 10.2 Å². The van der Waals surface area contributed by atoms with Gasteiger partial charge in [0.15, 0.2) is 0 Å². The van der Waals surface area contributed by atoms with Crippen LogP contribution in [0.15, 0.2) is 48.5 Å². The van der Waals surface area contributed by atoms with E-state index < -0.39 is 0 Å². The largest absolute Gasteiger partial charge is 0.378 e. The standard InChI is InChI=1S/C18H23ClN2/c1-13(2)18(14-8-6-5-7-9-14)20-15-10-11-17(21(3)4)16(19)12-15/h5-13,18,20H,1-4H3. The first-order valence-electron chi connectivity index (χ1n) is 7.27. The van der Waals surface area contributed by atoms with Crippen LogP contribution in [0.3, 0.4) is 0 Å². The highest BCUT2D eigenvalue weighted by molar-refractivity contribution is 6.33. The summed E-state index contributed by atoms with van der Waals surface area (Å²) in [6.07, 6.45) is 0. The lowest BCUT2D eigenvalue weighted by Gasteiger charge is -2.25. The van der Waals surface area contributed by atoms with Gasteiger partial charge in [-0.25, -0.2) is 0 Å². The van der Waals surface area contributed by atoms with Gasteiger partial charge in [-0.05, 0) is 29.7 Å². The summed E-state index contributed by atoms with van der Waals surface area (Å²) in [6, 6.07) is 16.9. The third-order valence-electron chi connectivity index (χ3n) is 3.58. The number of nitrogens with one attached hydrogen (secondary N) is 1. The average Bonchev–Trinajstić information content (AvgIpc) is 2.45. The Morgan fingerprint density at radius 2 is 1.67 bits per heavy atom. The molecule has 1 N–H and O–H groups in total. The summed E-state index contributed by atoms with van der Waals surface area (Å²) in [5.41, 5.74) is 3.37. The Morgan fingerprint density at radius 3 is 2.19 bits per heavy atom. The van der Waals surface area contributed by atoms with Gasteiger partial charge >= 0.3 is 0 Å². The topological polar surface area (TPSA) is 15.3 Å². The third-order valence-corrected chi connectivity index (χ3v) is 3.88. The van der Waals surface area contributed by atoms with E-state index in [-0.39, 0.29) is 6.04 Å². The molecule has 0 aliphatic heterocycles. The number of hydrogen-bond donors (Lipinski definition) is 1. The van der Waals surface area contributed by atoms with Gasteiger partial charge in [-0.2, -0.15) is 0 Å². The Morgan fingerprint density at radius 1 is 1.00 bits per heavy atom. The third kappa shape index (κ3) is 3.92. The molecule has 0 aromatic heterocycles. The normalized spacial score (nSPS) is 12.3. The molecule has 2 aromatic carbocycles. The number of nitrogens with zero attached hydrogens (tertiary/aromatic N) is 1. The number of halogens is 1. The molecule has 0 radical (unpaired) electrons. The smallest absolute Gasteiger partial charge is 0.0659 e. The summed E-state index contributed by atoms with van der Waals surface area (Å²) < 4.78 is 0. The fourth-order valence-corrected chi connectivity index (χ4v) is 2.78. The summed E-state index contributed by atoms with van der Waals surface area (Å²) in [5, 5.41) is 4.36. The Kier molecular flexibility index (Phi) is 5.13. The molecule has 0 saturated carbocycles. The van der Waals surface area contributed by atoms with Crippen LogP contribution in [-0.2, 0) is 0 Å². The van der Waals surface area contributed by atoms with Gasteiger partial charge in [-0.1, -0.05) is 55.8 Å². The van der Waals surface area contributed by atoms with Crippen molar-refractivity contribution in [2.45, 2.75) is 19.9 Å². The molecule has 0 aliphatic carbocycles. The molecule has 0 bridgehead atoms. The summed E-state index contributed by atoms with van der Waals surface area (Å²) in [6.45, 7) is 4.45. The highest BCUT2D eigenvalue weighted by Crippen LogP contribution is 2.31. The molecular formula is C18H23ClN2. The van der Waals surface area contributed by atoms with E-state index in [4.69, 9.17) is 11.6 Å². The second kappa shape index (κ2) is 6.86. The van der Waals surface area contributed by atoms with E-state index in [1.807, 2.05) is 37.2 Å². The SMILES string of the molecule is CC(C)C(Nc1ccc(N(C)C)c(Cl)c1)c1ccccc1. The maximum Gasteiger partial charge on any atom is 0.0659 e. The van der Waals surface area contributed by atoms with Crippen LogP contribution in [0.4, 0.5) is 11.4 Å². The summed E-state index contributed by atoms with van der Waals surface area (Å²) in [7, 11) is 3.99. The zero-order valence-electron chi connectivity index (χ0n) is 13.1. The van der Waals surface area contributed by atoms with E-state index in [0.717, 1.165) is 16.4 Å². The van der Waals surface area contributed by atoms with Crippen LogP contribution in [0.5, 0.6) is 0 Å². The molecule has 1 unspecified atom stereocenters. The fraction of sp³-hybridized carbons (Fsp3) is 0.333. The zero-order valence-corrected chi connectivity index (χ0v) is 13.9. The van der Waals surface area contributed by atoms with Crippen LogP contribution in [-0.4, -0.2) is 14.1 Å². The molecule has 2 aromatic rings. The predicted octanol–water partition coefficient (Wildman–Crippen LogP) is 5.22. The minimum atomic E-state index is 0.271. The molecule has 0 spiro atoms. The van der Waals surface area contributed by atoms with Gasteiger partial charge in [0.2, 0.25) is 0 Å². The first-order chi connectivity index (χ1) is 9.99. The highest BCUT2D eigenvalue weighted by Gasteiger charge is 2.15. The van der Waals surface area contributed by atoms with E-state index in [2.05, 4.69) is 49.5 Å². The lowest BCUT2D eigenvalue weighted by atomic mass is 9.96. The monoisotopic (exact) mass is 302 g/mol. The van der Waals surface area contributed by atoms with Crippen molar-refractivity contribution in [1.29, 1.82) is 0 Å². The first-order valence-corrected chi connectivity index (χ1v) is 7.65. The molecule has 0 amide bonds. The fourth-order valence-electron chi connectivity index (χ4n) is 2.43. The summed E-state index contributed by atoms with van der Waals surface area (Å²) >= 11 is 6.35. The highest BCUT2D eigenvalue weighted by atomic mass is 35.5. The van der Waals surface area contributed by atoms with E-state index >= 15 is 0 Å². The van der Waals surface area contributed by atoms with Gasteiger partial charge in [0, 0.05) is 19.8 Å². The van der Waals surface area contributed by atoms with Crippen LogP contribution in [0, 0.1) is 5.92 Å². The molecule has 0 saturated heterocycles. The lowest BCUT2D eigenvalue weighted by Crippen LogP contribution is -2.17. The van der Waals surface area contributed by atoms with Gasteiger partial charge in [-0.3, -0.25) is 0 Å². The summed E-state index contributed by atoms with van der Waals surface area (Å²) in [5.74, 6) is 0.486. The van der Waals surface area contributed by atoms with Crippen LogP contribution < -0.4 is 10.2 Å². The van der Waals surface area contributed by atoms with Crippen molar-refractivity contribution in [2.75, 3.05) is 24.3 Å². The molecule has 1 atom stereocenters. The second-order valence-corrected chi connectivity index (χ2v) is 6.24. The lowest BCUT2D eigenvalue weighted by molar-refractivity contribution is 0.546. The van der Waals surface area contributed by atoms with Crippen LogP contribution in [0.1, 0.15) is 25.5 Å². The Hall–Kier alpha value is -1.67. The van der Waals surface area contributed by atoms with Crippen molar-refractivity contribution in [3.05, 3.63) is 59.1 Å². The van der Waals surface area contributed by atoms with E-state index in [1.54, 1.807) is 0 Å². The van der Waals surface area contributed by atoms with Crippen LogP contribution >= 0.6 is 11.6 Å². The maximum atomic E-state index is 6.35. The Balaban J connectivity index is 2.24. The van der Waals surface area contributed by atoms with Crippen LogP contribution in [0.25, 0.3) is 0 Å². The van der Waals surface area contributed by atoms with Gasteiger partial charge in [-0.15, -0.1) is 0 Å². The average molecular weight is 303 g/mol. The minimum absolute atomic E-state index is 0.271. The van der Waals surface area contributed by atoms with Crippen molar-refractivity contribution in [1.82, 2.24) is 0 Å². The van der Waals surface area contributed by atoms with E-state index in [0.29, 0.717) is 5.92 Å². The molecule has 0 aliphatic rings. The Labute approximate surface area is 132 Å². The molecule has 112 valence electrons. The first kappa shape index (κ1) is 15.7.